The van der Waals surface area contributed by atoms with Gasteiger partial charge in [0, 0.05) is 25.8 Å². The van der Waals surface area contributed by atoms with Gasteiger partial charge in [-0.2, -0.15) is 28.1 Å². The fraction of sp³-hybridized carbons (Fsp3) is 0.667. The van der Waals surface area contributed by atoms with Crippen molar-refractivity contribution < 1.29 is 22.7 Å². The summed E-state index contributed by atoms with van der Waals surface area (Å²) in [4.78, 5) is 25.1. The molecule has 2 aliphatic rings. The second-order valence-electron chi connectivity index (χ2n) is 8.80. The van der Waals surface area contributed by atoms with Crippen LogP contribution in [-0.2, 0) is 10.9 Å². The third-order valence-electron chi connectivity index (χ3n) is 6.09. The predicted octanol–water partition coefficient (Wildman–Crippen LogP) is 3.05. The highest BCUT2D eigenvalue weighted by Gasteiger charge is 2.35. The van der Waals surface area contributed by atoms with Crippen molar-refractivity contribution in [2.24, 2.45) is 0 Å². The van der Waals surface area contributed by atoms with E-state index in [4.69, 9.17) is 4.74 Å². The number of piperidine rings is 1. The van der Waals surface area contributed by atoms with Crippen LogP contribution in [0.25, 0.3) is 0 Å². The molecule has 0 saturated carbocycles. The molecule has 0 bridgehead atoms. The SMILES string of the molecule is Cc1nn(C2CCN(C)CC2)nc1Nc1ncc(C(F)(F)F)c(NCCCN2CCCOC2=O)n1. The molecule has 2 aliphatic heterocycles. The molecular weight excluding hydrogens is 467 g/mol. The summed E-state index contributed by atoms with van der Waals surface area (Å²) in [6, 6.07) is 0.170. The van der Waals surface area contributed by atoms with Crippen LogP contribution in [0.15, 0.2) is 6.20 Å². The van der Waals surface area contributed by atoms with E-state index in [0.29, 0.717) is 37.6 Å². The molecule has 2 N–H and O–H groups in total. The third kappa shape index (κ3) is 6.29. The van der Waals surface area contributed by atoms with Gasteiger partial charge in [-0.05, 0) is 52.7 Å². The van der Waals surface area contributed by atoms with Crippen LogP contribution >= 0.6 is 0 Å². The van der Waals surface area contributed by atoms with E-state index in [0.717, 1.165) is 38.5 Å². The van der Waals surface area contributed by atoms with Gasteiger partial charge in [0.1, 0.15) is 17.1 Å². The fourth-order valence-electron chi connectivity index (χ4n) is 4.07. The van der Waals surface area contributed by atoms with Crippen LogP contribution in [-0.4, -0.2) is 87.2 Å². The minimum absolute atomic E-state index is 0.0152. The van der Waals surface area contributed by atoms with Crippen LogP contribution in [0, 0.1) is 6.92 Å². The number of nitrogens with one attached hydrogen (secondary N) is 2. The fourth-order valence-corrected chi connectivity index (χ4v) is 4.07. The number of carbonyl (C=O) groups excluding carboxylic acids is 1. The number of nitrogens with zero attached hydrogens (tertiary/aromatic N) is 7. The van der Waals surface area contributed by atoms with E-state index in [1.54, 1.807) is 16.6 Å². The summed E-state index contributed by atoms with van der Waals surface area (Å²) >= 11 is 0. The van der Waals surface area contributed by atoms with Gasteiger partial charge in [0.25, 0.3) is 0 Å². The summed E-state index contributed by atoms with van der Waals surface area (Å²) in [5.74, 6) is 0.0495. The number of likely N-dealkylation sites (tertiary alicyclic amines) is 1. The Morgan fingerprint density at radius 3 is 2.66 bits per heavy atom. The Hall–Kier alpha value is -3.16. The third-order valence-corrected chi connectivity index (χ3v) is 6.09. The van der Waals surface area contributed by atoms with Crippen molar-refractivity contribution in [3.8, 4) is 0 Å². The molecule has 2 aromatic rings. The van der Waals surface area contributed by atoms with Crippen LogP contribution in [0.1, 0.15) is 43.0 Å². The Bertz CT molecular complexity index is 1020. The molecule has 35 heavy (non-hydrogen) atoms. The lowest BCUT2D eigenvalue weighted by Crippen LogP contribution is -2.38. The number of amides is 1. The number of hydrogen-bond donors (Lipinski definition) is 2. The van der Waals surface area contributed by atoms with Crippen LogP contribution in [0.2, 0.25) is 0 Å². The number of carbonyl (C=O) groups is 1. The summed E-state index contributed by atoms with van der Waals surface area (Å²) in [5, 5.41) is 14.6. The number of rotatable bonds is 8. The highest BCUT2D eigenvalue weighted by Crippen LogP contribution is 2.34. The average Bonchev–Trinajstić information content (AvgIpc) is 3.17. The molecule has 1 amide bonds. The summed E-state index contributed by atoms with van der Waals surface area (Å²) in [6.07, 6.45) is -1.26. The van der Waals surface area contributed by atoms with Crippen LogP contribution < -0.4 is 10.6 Å². The molecule has 192 valence electrons. The lowest BCUT2D eigenvalue weighted by molar-refractivity contribution is -0.137. The van der Waals surface area contributed by atoms with E-state index >= 15 is 0 Å². The molecule has 2 aromatic heterocycles. The molecule has 4 rings (SSSR count). The maximum Gasteiger partial charge on any atom is 0.421 e. The van der Waals surface area contributed by atoms with Gasteiger partial charge in [0.15, 0.2) is 5.82 Å². The van der Waals surface area contributed by atoms with Crippen LogP contribution in [0.3, 0.4) is 0 Å². The van der Waals surface area contributed by atoms with Crippen LogP contribution in [0.4, 0.5) is 35.5 Å². The zero-order valence-corrected chi connectivity index (χ0v) is 19.8. The number of hydrogen-bond acceptors (Lipinski definition) is 9. The molecule has 0 aromatic carbocycles. The molecular formula is C21H30F3N9O2. The number of cyclic esters (lactones) is 1. The summed E-state index contributed by atoms with van der Waals surface area (Å²) < 4.78 is 45.5. The van der Waals surface area contributed by atoms with E-state index in [1.807, 2.05) is 0 Å². The lowest BCUT2D eigenvalue weighted by Gasteiger charge is -2.28. The van der Waals surface area contributed by atoms with E-state index < -0.39 is 17.8 Å². The van der Waals surface area contributed by atoms with Gasteiger partial charge in [-0.15, -0.1) is 5.10 Å². The monoisotopic (exact) mass is 497 g/mol. The van der Waals surface area contributed by atoms with Crippen molar-refractivity contribution in [1.29, 1.82) is 0 Å². The average molecular weight is 498 g/mol. The number of alkyl halides is 3. The van der Waals surface area contributed by atoms with Gasteiger partial charge >= 0.3 is 12.3 Å². The minimum Gasteiger partial charge on any atom is -0.449 e. The Kier molecular flexibility index (Phi) is 7.57. The van der Waals surface area contributed by atoms with E-state index in [9.17, 15) is 18.0 Å². The van der Waals surface area contributed by atoms with E-state index in [-0.39, 0.29) is 24.4 Å². The number of halogens is 3. The first-order chi connectivity index (χ1) is 16.7. The molecule has 0 atom stereocenters. The molecule has 0 unspecified atom stereocenters. The second-order valence-corrected chi connectivity index (χ2v) is 8.80. The smallest absolute Gasteiger partial charge is 0.421 e. The number of aryl methyl sites for hydroxylation is 1. The first kappa shape index (κ1) is 24.9. The van der Waals surface area contributed by atoms with E-state index in [1.165, 1.54) is 0 Å². The zero-order valence-electron chi connectivity index (χ0n) is 19.8. The molecule has 2 fully saturated rings. The first-order valence-corrected chi connectivity index (χ1v) is 11.7. The highest BCUT2D eigenvalue weighted by molar-refractivity contribution is 5.68. The minimum atomic E-state index is -4.62. The maximum atomic E-state index is 13.5. The Morgan fingerprint density at radius 1 is 1.17 bits per heavy atom. The predicted molar refractivity (Wildman–Crippen MR) is 121 cm³/mol. The summed E-state index contributed by atoms with van der Waals surface area (Å²) in [5.41, 5.74) is -0.359. The van der Waals surface area contributed by atoms with E-state index in [2.05, 4.69) is 42.7 Å². The standard InChI is InChI=1S/C21H30F3N9O2/c1-14-17(30-33(29-14)15-5-10-31(2)11-6-15)27-19-26-13-16(21(22,23)24)18(28-19)25-7-3-8-32-9-4-12-35-20(32)34/h13,15H,3-12H2,1-2H3,(H2,25,26,27,28,30). The normalized spacial score (nSPS) is 18.0. The molecule has 0 aliphatic carbocycles. The van der Waals surface area contributed by atoms with Crippen molar-refractivity contribution in [2.75, 3.05) is 57.0 Å². The Morgan fingerprint density at radius 2 is 1.94 bits per heavy atom. The summed E-state index contributed by atoms with van der Waals surface area (Å²) in [6.45, 7) is 5.21. The number of anilines is 3. The molecule has 14 heteroatoms. The molecule has 4 heterocycles. The van der Waals surface area contributed by atoms with Gasteiger partial charge in [0.05, 0.1) is 12.6 Å². The van der Waals surface area contributed by atoms with Crippen molar-refractivity contribution >= 4 is 23.7 Å². The van der Waals surface area contributed by atoms with Gasteiger partial charge in [-0.3, -0.25) is 0 Å². The molecule has 11 nitrogen and oxygen atoms in total. The van der Waals surface area contributed by atoms with Crippen molar-refractivity contribution in [3.05, 3.63) is 17.5 Å². The van der Waals surface area contributed by atoms with Crippen LogP contribution in [0.5, 0.6) is 0 Å². The van der Waals surface area contributed by atoms with Crippen molar-refractivity contribution in [1.82, 2.24) is 34.8 Å². The molecule has 2 saturated heterocycles. The topological polar surface area (TPSA) is 113 Å². The second kappa shape index (κ2) is 10.6. The molecule has 0 spiro atoms. The number of aromatic nitrogens is 5. The van der Waals surface area contributed by atoms with Gasteiger partial charge in [-0.1, -0.05) is 0 Å². The number of ether oxygens (including phenoxy) is 1. The summed E-state index contributed by atoms with van der Waals surface area (Å²) in [7, 11) is 2.07. The highest BCUT2D eigenvalue weighted by atomic mass is 19.4. The largest absolute Gasteiger partial charge is 0.449 e. The van der Waals surface area contributed by atoms with Gasteiger partial charge in [0.2, 0.25) is 5.95 Å². The van der Waals surface area contributed by atoms with Crippen molar-refractivity contribution in [3.63, 3.8) is 0 Å². The zero-order chi connectivity index (χ0) is 25.0. The maximum absolute atomic E-state index is 13.5. The van der Waals surface area contributed by atoms with Gasteiger partial charge < -0.3 is 25.2 Å². The first-order valence-electron chi connectivity index (χ1n) is 11.7. The quantitative estimate of drug-likeness (QED) is 0.531. The Balaban J connectivity index is 1.42. The molecule has 0 radical (unpaired) electrons. The van der Waals surface area contributed by atoms with Crippen molar-refractivity contribution in [2.45, 2.75) is 44.8 Å². The lowest BCUT2D eigenvalue weighted by atomic mass is 10.1. The van der Waals surface area contributed by atoms with Gasteiger partial charge in [-0.25, -0.2) is 9.78 Å². The Labute approximate surface area is 201 Å².